The molecule has 0 heterocycles. The zero-order valence-corrected chi connectivity index (χ0v) is 11.7. The average molecular weight is 285 g/mol. The summed E-state index contributed by atoms with van der Waals surface area (Å²) in [5, 5.41) is 21.4. The minimum Gasteiger partial charge on any atom is -0.478 e. The first-order valence-corrected chi connectivity index (χ1v) is 6.34. The summed E-state index contributed by atoms with van der Waals surface area (Å²) in [7, 11) is 0. The first kappa shape index (κ1) is 14.6. The van der Waals surface area contributed by atoms with Crippen molar-refractivity contribution >= 4 is 23.3 Å². The van der Waals surface area contributed by atoms with Crippen LogP contribution in [0.3, 0.4) is 0 Å². The molecule has 0 aromatic heterocycles. The quantitative estimate of drug-likeness (QED) is 0.801. The molecule has 21 heavy (non-hydrogen) atoms. The summed E-state index contributed by atoms with van der Waals surface area (Å²) < 4.78 is 0. The number of hydrogen-bond acceptors (Lipinski definition) is 3. The summed E-state index contributed by atoms with van der Waals surface area (Å²) in [6.07, 6.45) is 0. The molecule has 0 aliphatic carbocycles. The number of carboxylic acids is 2. The van der Waals surface area contributed by atoms with E-state index in [4.69, 9.17) is 0 Å². The second-order valence-electron chi connectivity index (χ2n) is 4.71. The van der Waals surface area contributed by atoms with Gasteiger partial charge in [-0.15, -0.1) is 0 Å². The van der Waals surface area contributed by atoms with Gasteiger partial charge in [0, 0.05) is 5.69 Å². The maximum Gasteiger partial charge on any atom is 0.337 e. The van der Waals surface area contributed by atoms with Crippen molar-refractivity contribution in [1.82, 2.24) is 0 Å². The van der Waals surface area contributed by atoms with Gasteiger partial charge in [0.1, 0.15) is 0 Å². The molecule has 0 saturated carbocycles. The van der Waals surface area contributed by atoms with Gasteiger partial charge in [0.05, 0.1) is 16.8 Å². The maximum atomic E-state index is 11.3. The highest BCUT2D eigenvalue weighted by molar-refractivity contribution is 6.04. The van der Waals surface area contributed by atoms with Crippen molar-refractivity contribution in [3.8, 4) is 0 Å². The molecule has 5 nitrogen and oxygen atoms in total. The Balaban J connectivity index is 2.59. The molecule has 0 aliphatic heterocycles. The molecule has 0 radical (unpaired) electrons. The van der Waals surface area contributed by atoms with Crippen LogP contribution in [0.15, 0.2) is 36.4 Å². The summed E-state index contributed by atoms with van der Waals surface area (Å²) >= 11 is 0. The van der Waals surface area contributed by atoms with Gasteiger partial charge in [-0.25, -0.2) is 9.59 Å². The van der Waals surface area contributed by atoms with Crippen molar-refractivity contribution in [2.75, 3.05) is 5.32 Å². The van der Waals surface area contributed by atoms with E-state index in [1.54, 1.807) is 6.07 Å². The molecular weight excluding hydrogens is 270 g/mol. The Hall–Kier alpha value is -2.82. The van der Waals surface area contributed by atoms with E-state index >= 15 is 0 Å². The van der Waals surface area contributed by atoms with Crippen LogP contribution in [0.1, 0.15) is 31.8 Å². The lowest BCUT2D eigenvalue weighted by Gasteiger charge is -2.15. The molecule has 0 aliphatic rings. The summed E-state index contributed by atoms with van der Waals surface area (Å²) in [6, 6.07) is 9.72. The molecule has 0 saturated heterocycles. The number of para-hydroxylation sites is 1. The molecule has 0 bridgehead atoms. The number of aryl methyl sites for hydroxylation is 1. The van der Waals surface area contributed by atoms with E-state index in [9.17, 15) is 19.8 Å². The molecule has 108 valence electrons. The smallest absolute Gasteiger partial charge is 0.337 e. The van der Waals surface area contributed by atoms with E-state index in [1.165, 1.54) is 18.2 Å². The molecule has 2 aromatic rings. The lowest BCUT2D eigenvalue weighted by Crippen LogP contribution is -2.10. The van der Waals surface area contributed by atoms with E-state index in [-0.39, 0.29) is 16.8 Å². The largest absolute Gasteiger partial charge is 0.478 e. The van der Waals surface area contributed by atoms with Crippen LogP contribution < -0.4 is 5.32 Å². The van der Waals surface area contributed by atoms with Crippen molar-refractivity contribution in [3.63, 3.8) is 0 Å². The first-order chi connectivity index (χ1) is 9.91. The molecule has 0 atom stereocenters. The highest BCUT2D eigenvalue weighted by Gasteiger charge is 2.18. The van der Waals surface area contributed by atoms with Crippen LogP contribution in [-0.2, 0) is 0 Å². The van der Waals surface area contributed by atoms with Crippen LogP contribution in [-0.4, -0.2) is 22.2 Å². The summed E-state index contributed by atoms with van der Waals surface area (Å²) in [5.41, 5.74) is 2.60. The monoisotopic (exact) mass is 285 g/mol. The Morgan fingerprint density at radius 3 is 1.95 bits per heavy atom. The van der Waals surface area contributed by atoms with Crippen molar-refractivity contribution in [2.45, 2.75) is 13.8 Å². The number of rotatable bonds is 4. The van der Waals surface area contributed by atoms with Crippen LogP contribution in [0.2, 0.25) is 0 Å². The van der Waals surface area contributed by atoms with Crippen LogP contribution in [0.25, 0.3) is 0 Å². The Morgan fingerprint density at radius 2 is 1.43 bits per heavy atom. The maximum absolute atomic E-state index is 11.3. The lowest BCUT2D eigenvalue weighted by atomic mass is 10.0. The van der Waals surface area contributed by atoms with E-state index in [1.807, 2.05) is 26.0 Å². The first-order valence-electron chi connectivity index (χ1n) is 6.34. The van der Waals surface area contributed by atoms with Gasteiger partial charge in [0.15, 0.2) is 0 Å². The molecule has 0 fully saturated rings. The fourth-order valence-corrected chi connectivity index (χ4v) is 2.06. The highest BCUT2D eigenvalue weighted by atomic mass is 16.4. The van der Waals surface area contributed by atoms with Gasteiger partial charge >= 0.3 is 11.9 Å². The number of hydrogen-bond donors (Lipinski definition) is 3. The van der Waals surface area contributed by atoms with E-state index in [2.05, 4.69) is 5.32 Å². The number of aromatic carboxylic acids is 2. The predicted molar refractivity (Wildman–Crippen MR) is 79.6 cm³/mol. The van der Waals surface area contributed by atoms with Crippen molar-refractivity contribution in [2.24, 2.45) is 0 Å². The van der Waals surface area contributed by atoms with Crippen LogP contribution in [0, 0.1) is 13.8 Å². The Kier molecular flexibility index (Phi) is 3.93. The molecule has 0 amide bonds. The van der Waals surface area contributed by atoms with Gasteiger partial charge < -0.3 is 15.5 Å². The van der Waals surface area contributed by atoms with Crippen molar-refractivity contribution in [1.29, 1.82) is 0 Å². The molecule has 3 N–H and O–H groups in total. The molecule has 5 heteroatoms. The summed E-state index contributed by atoms with van der Waals surface area (Å²) in [5.74, 6) is -2.35. The number of benzene rings is 2. The molecular formula is C16H15NO4. The standard InChI is InChI=1S/C16H15NO4/c1-9-5-3-8-13(10(9)2)17-14-11(15(18)19)6-4-7-12(14)16(20)21/h3-8,17H,1-2H3,(H,18,19)(H,20,21). The van der Waals surface area contributed by atoms with E-state index < -0.39 is 11.9 Å². The minimum absolute atomic E-state index is 0.0733. The van der Waals surface area contributed by atoms with Gasteiger partial charge in [0.2, 0.25) is 0 Å². The van der Waals surface area contributed by atoms with E-state index in [0.29, 0.717) is 5.69 Å². The fourth-order valence-electron chi connectivity index (χ4n) is 2.06. The van der Waals surface area contributed by atoms with Gasteiger partial charge in [-0.2, -0.15) is 0 Å². The van der Waals surface area contributed by atoms with Crippen LogP contribution in [0.5, 0.6) is 0 Å². The lowest BCUT2D eigenvalue weighted by molar-refractivity contribution is 0.0696. The zero-order valence-electron chi connectivity index (χ0n) is 11.7. The highest BCUT2D eigenvalue weighted by Crippen LogP contribution is 2.28. The normalized spacial score (nSPS) is 10.2. The zero-order chi connectivity index (χ0) is 15.6. The van der Waals surface area contributed by atoms with Crippen LogP contribution in [0.4, 0.5) is 11.4 Å². The number of anilines is 2. The Bertz CT molecular complexity index is 690. The predicted octanol–water partition coefficient (Wildman–Crippen LogP) is 3.44. The van der Waals surface area contributed by atoms with Gasteiger partial charge in [0.25, 0.3) is 0 Å². The SMILES string of the molecule is Cc1cccc(Nc2c(C(=O)O)cccc2C(=O)O)c1C. The second kappa shape index (κ2) is 5.66. The average Bonchev–Trinajstić information content (AvgIpc) is 2.43. The van der Waals surface area contributed by atoms with E-state index in [0.717, 1.165) is 11.1 Å². The third-order valence-corrected chi connectivity index (χ3v) is 3.39. The number of carbonyl (C=O) groups is 2. The van der Waals surface area contributed by atoms with Crippen molar-refractivity contribution < 1.29 is 19.8 Å². The fraction of sp³-hybridized carbons (Fsp3) is 0.125. The second-order valence-corrected chi connectivity index (χ2v) is 4.71. The molecule has 0 spiro atoms. The Labute approximate surface area is 121 Å². The van der Waals surface area contributed by atoms with Crippen molar-refractivity contribution in [3.05, 3.63) is 58.7 Å². The van der Waals surface area contributed by atoms with Gasteiger partial charge in [-0.05, 0) is 43.2 Å². The Morgan fingerprint density at radius 1 is 0.905 bits per heavy atom. The molecule has 0 unspecified atom stereocenters. The molecule has 2 rings (SSSR count). The van der Waals surface area contributed by atoms with Gasteiger partial charge in [-0.1, -0.05) is 18.2 Å². The minimum atomic E-state index is -1.18. The summed E-state index contributed by atoms with van der Waals surface area (Å²) in [6.45, 7) is 3.82. The third kappa shape index (κ3) is 2.86. The third-order valence-electron chi connectivity index (χ3n) is 3.39. The topological polar surface area (TPSA) is 86.6 Å². The van der Waals surface area contributed by atoms with Gasteiger partial charge in [-0.3, -0.25) is 0 Å². The number of carboxylic acid groups (broad SMARTS) is 2. The number of nitrogens with one attached hydrogen (secondary N) is 1. The van der Waals surface area contributed by atoms with Crippen LogP contribution >= 0.6 is 0 Å². The molecule has 2 aromatic carbocycles. The summed E-state index contributed by atoms with van der Waals surface area (Å²) in [4.78, 5) is 22.6.